The van der Waals surface area contributed by atoms with Gasteiger partial charge in [0.2, 0.25) is 5.91 Å². The van der Waals surface area contributed by atoms with Crippen LogP contribution in [0.15, 0.2) is 30.3 Å². The smallest absolute Gasteiger partial charge is 0.407 e. The summed E-state index contributed by atoms with van der Waals surface area (Å²) < 4.78 is 4.92. The Morgan fingerprint density at radius 2 is 2.00 bits per heavy atom. The standard InChI is InChI=1S/C12H16N2O4/c13-11(16)10(15)6-7-14-12(17)18-8-9-4-2-1-3-5-9/h1-5,10,15H,6-8H2,(H2,13,16)(H,14,17)/t10-/m0/s1. The fourth-order valence-corrected chi connectivity index (χ4v) is 1.23. The third-order valence-corrected chi connectivity index (χ3v) is 2.23. The summed E-state index contributed by atoms with van der Waals surface area (Å²) in [7, 11) is 0. The van der Waals surface area contributed by atoms with Gasteiger partial charge in [0.05, 0.1) is 0 Å². The van der Waals surface area contributed by atoms with Crippen molar-refractivity contribution in [1.82, 2.24) is 5.32 Å². The average molecular weight is 252 g/mol. The number of aliphatic hydroxyl groups excluding tert-OH is 1. The minimum absolute atomic E-state index is 0.0652. The van der Waals surface area contributed by atoms with E-state index in [1.54, 1.807) is 0 Å². The van der Waals surface area contributed by atoms with Gasteiger partial charge in [-0.2, -0.15) is 0 Å². The van der Waals surface area contributed by atoms with E-state index >= 15 is 0 Å². The second kappa shape index (κ2) is 7.29. The third-order valence-electron chi connectivity index (χ3n) is 2.23. The molecule has 0 fully saturated rings. The predicted octanol–water partition coefficient (Wildman–Crippen LogP) is 0.149. The molecule has 1 atom stereocenters. The first-order chi connectivity index (χ1) is 8.59. The summed E-state index contributed by atoms with van der Waals surface area (Å²) in [6.07, 6.45) is -1.79. The Balaban J connectivity index is 2.17. The first kappa shape index (κ1) is 14.0. The summed E-state index contributed by atoms with van der Waals surface area (Å²) in [5.74, 6) is -0.811. The van der Waals surface area contributed by atoms with E-state index in [0.29, 0.717) is 0 Å². The largest absolute Gasteiger partial charge is 0.445 e. The quantitative estimate of drug-likeness (QED) is 0.670. The van der Waals surface area contributed by atoms with Crippen molar-refractivity contribution in [2.75, 3.05) is 6.54 Å². The van der Waals surface area contributed by atoms with Crippen molar-refractivity contribution in [2.24, 2.45) is 5.73 Å². The molecule has 6 heteroatoms. The van der Waals surface area contributed by atoms with Gasteiger partial charge < -0.3 is 20.9 Å². The Morgan fingerprint density at radius 3 is 2.61 bits per heavy atom. The van der Waals surface area contributed by atoms with Crippen LogP contribution in [0.2, 0.25) is 0 Å². The van der Waals surface area contributed by atoms with Crippen molar-refractivity contribution < 1.29 is 19.4 Å². The van der Waals surface area contributed by atoms with Gasteiger partial charge in [-0.1, -0.05) is 30.3 Å². The zero-order valence-electron chi connectivity index (χ0n) is 9.83. The van der Waals surface area contributed by atoms with Gasteiger partial charge in [0.25, 0.3) is 0 Å². The molecule has 1 aromatic rings. The second-order valence-corrected chi connectivity index (χ2v) is 3.70. The monoisotopic (exact) mass is 252 g/mol. The molecule has 2 amide bonds. The molecule has 0 aromatic heterocycles. The highest BCUT2D eigenvalue weighted by atomic mass is 16.5. The number of ether oxygens (including phenoxy) is 1. The summed E-state index contributed by atoms with van der Waals surface area (Å²) in [4.78, 5) is 21.8. The zero-order valence-corrected chi connectivity index (χ0v) is 9.83. The second-order valence-electron chi connectivity index (χ2n) is 3.70. The van der Waals surface area contributed by atoms with Crippen LogP contribution in [0.4, 0.5) is 4.79 Å². The Kier molecular flexibility index (Phi) is 5.66. The predicted molar refractivity (Wildman–Crippen MR) is 64.4 cm³/mol. The van der Waals surface area contributed by atoms with Crippen LogP contribution in [0.1, 0.15) is 12.0 Å². The number of amides is 2. The van der Waals surface area contributed by atoms with Crippen molar-refractivity contribution in [2.45, 2.75) is 19.1 Å². The Morgan fingerprint density at radius 1 is 1.33 bits per heavy atom. The zero-order chi connectivity index (χ0) is 13.4. The lowest BCUT2D eigenvalue weighted by Gasteiger charge is -2.08. The van der Waals surface area contributed by atoms with Gasteiger partial charge in [-0.15, -0.1) is 0 Å². The van der Waals surface area contributed by atoms with Crippen LogP contribution in [-0.4, -0.2) is 29.8 Å². The highest BCUT2D eigenvalue weighted by molar-refractivity contribution is 5.78. The average Bonchev–Trinajstić information content (AvgIpc) is 2.37. The van der Waals surface area contributed by atoms with Gasteiger partial charge in [-0.05, 0) is 12.0 Å². The maximum Gasteiger partial charge on any atom is 0.407 e. The van der Waals surface area contributed by atoms with Gasteiger partial charge in [0.1, 0.15) is 12.7 Å². The molecule has 6 nitrogen and oxygen atoms in total. The van der Waals surface area contributed by atoms with E-state index in [-0.39, 0.29) is 19.6 Å². The molecule has 0 radical (unpaired) electrons. The van der Waals surface area contributed by atoms with Crippen LogP contribution in [-0.2, 0) is 16.1 Å². The van der Waals surface area contributed by atoms with E-state index in [9.17, 15) is 9.59 Å². The first-order valence-corrected chi connectivity index (χ1v) is 5.51. The van der Waals surface area contributed by atoms with Crippen LogP contribution in [0, 0.1) is 0 Å². The Bertz CT molecular complexity index is 394. The number of carbonyl (C=O) groups excluding carboxylic acids is 2. The molecule has 0 aliphatic carbocycles. The number of nitrogens with two attached hydrogens (primary N) is 1. The number of aliphatic hydroxyl groups is 1. The van der Waals surface area contributed by atoms with E-state index in [2.05, 4.69) is 5.32 Å². The number of benzene rings is 1. The fraction of sp³-hybridized carbons (Fsp3) is 0.333. The summed E-state index contributed by atoms with van der Waals surface area (Å²) in [5, 5.41) is 11.5. The molecule has 98 valence electrons. The molecule has 0 unspecified atom stereocenters. The minimum atomic E-state index is -1.25. The van der Waals surface area contributed by atoms with Gasteiger partial charge >= 0.3 is 6.09 Å². The van der Waals surface area contributed by atoms with Gasteiger partial charge in [-0.25, -0.2) is 4.79 Å². The van der Waals surface area contributed by atoms with Crippen LogP contribution < -0.4 is 11.1 Å². The Hall–Kier alpha value is -2.08. The first-order valence-electron chi connectivity index (χ1n) is 5.51. The van der Waals surface area contributed by atoms with Crippen molar-refractivity contribution in [3.05, 3.63) is 35.9 Å². The van der Waals surface area contributed by atoms with Gasteiger partial charge in [0, 0.05) is 6.54 Å². The number of nitrogens with one attached hydrogen (secondary N) is 1. The molecule has 1 rings (SSSR count). The van der Waals surface area contributed by atoms with Crippen molar-refractivity contribution in [1.29, 1.82) is 0 Å². The molecule has 0 spiro atoms. The molecule has 0 saturated carbocycles. The SMILES string of the molecule is NC(=O)[C@@H](O)CCNC(=O)OCc1ccccc1. The third kappa shape index (κ3) is 5.31. The summed E-state index contributed by atoms with van der Waals surface area (Å²) in [6.45, 7) is 0.294. The molecule has 0 heterocycles. The van der Waals surface area contributed by atoms with Crippen LogP contribution in [0.5, 0.6) is 0 Å². The minimum Gasteiger partial charge on any atom is -0.445 e. The molecule has 0 aliphatic rings. The maximum absolute atomic E-state index is 11.2. The van der Waals surface area contributed by atoms with Crippen molar-refractivity contribution in [3.63, 3.8) is 0 Å². The number of carbonyl (C=O) groups is 2. The van der Waals surface area contributed by atoms with E-state index in [4.69, 9.17) is 15.6 Å². The summed E-state index contributed by atoms with van der Waals surface area (Å²) in [5.41, 5.74) is 5.73. The van der Waals surface area contributed by atoms with E-state index in [1.165, 1.54) is 0 Å². The number of alkyl carbamates (subject to hydrolysis) is 1. The highest BCUT2D eigenvalue weighted by Crippen LogP contribution is 2.00. The lowest BCUT2D eigenvalue weighted by Crippen LogP contribution is -2.33. The van der Waals surface area contributed by atoms with E-state index < -0.39 is 18.1 Å². The van der Waals surface area contributed by atoms with Crippen LogP contribution in [0.25, 0.3) is 0 Å². The summed E-state index contributed by atoms with van der Waals surface area (Å²) in [6, 6.07) is 9.24. The number of hydrogen-bond acceptors (Lipinski definition) is 4. The van der Waals surface area contributed by atoms with Gasteiger partial charge in [0.15, 0.2) is 0 Å². The number of rotatable bonds is 6. The molecule has 0 aliphatic heterocycles. The highest BCUT2D eigenvalue weighted by Gasteiger charge is 2.11. The molecular weight excluding hydrogens is 236 g/mol. The van der Waals surface area contributed by atoms with Crippen LogP contribution in [0.3, 0.4) is 0 Å². The molecule has 0 bridgehead atoms. The summed E-state index contributed by atoms with van der Waals surface area (Å²) >= 11 is 0. The number of primary amides is 1. The van der Waals surface area contributed by atoms with Crippen LogP contribution >= 0.6 is 0 Å². The topological polar surface area (TPSA) is 102 Å². The molecule has 0 saturated heterocycles. The fourth-order valence-electron chi connectivity index (χ4n) is 1.23. The lowest BCUT2D eigenvalue weighted by atomic mass is 10.2. The van der Waals surface area contributed by atoms with Crippen molar-refractivity contribution >= 4 is 12.0 Å². The molecule has 18 heavy (non-hydrogen) atoms. The Labute approximate surface area is 105 Å². The van der Waals surface area contributed by atoms with Crippen molar-refractivity contribution in [3.8, 4) is 0 Å². The molecule has 4 N–H and O–H groups in total. The molecular formula is C12H16N2O4. The normalized spacial score (nSPS) is 11.6. The molecule has 1 aromatic carbocycles. The van der Waals surface area contributed by atoms with E-state index in [0.717, 1.165) is 5.56 Å². The maximum atomic E-state index is 11.2. The van der Waals surface area contributed by atoms with Gasteiger partial charge in [-0.3, -0.25) is 4.79 Å². The van der Waals surface area contributed by atoms with E-state index in [1.807, 2.05) is 30.3 Å². The lowest BCUT2D eigenvalue weighted by molar-refractivity contribution is -0.126. The number of hydrogen-bond donors (Lipinski definition) is 3.